The predicted molar refractivity (Wildman–Crippen MR) is 106 cm³/mol. The summed E-state index contributed by atoms with van der Waals surface area (Å²) in [4.78, 5) is 0.230. The summed E-state index contributed by atoms with van der Waals surface area (Å²) in [7, 11) is -3.63. The van der Waals surface area contributed by atoms with Crippen molar-refractivity contribution >= 4 is 32.6 Å². The first-order valence-electron chi connectivity index (χ1n) is 8.35. The molecule has 1 aliphatic heterocycles. The molecule has 27 heavy (non-hydrogen) atoms. The van der Waals surface area contributed by atoms with Crippen molar-refractivity contribution in [3.05, 3.63) is 76.2 Å². The van der Waals surface area contributed by atoms with Crippen LogP contribution in [0.25, 0.3) is 16.8 Å². The lowest BCUT2D eigenvalue weighted by molar-refractivity contribution is 0.475. The largest absolute Gasteiger partial charge is 0.508 e. The normalized spacial score (nSPS) is 15.1. The van der Waals surface area contributed by atoms with Gasteiger partial charge < -0.3 is 5.11 Å². The Labute approximate surface area is 157 Å². The van der Waals surface area contributed by atoms with Crippen LogP contribution in [0.2, 0.25) is 0 Å². The second kappa shape index (κ2) is 6.15. The standard InChI is InChI=1S/C21H16N2O3S/c1-14-8-19-11-20(24)6-7-21(19)23(27(14,25)26)13-16-3-5-17-4-2-15(12-22)9-18(17)10-16/h2-11,24H,13H2,1H3. The highest BCUT2D eigenvalue weighted by atomic mass is 32.2. The van der Waals surface area contributed by atoms with E-state index in [-0.39, 0.29) is 17.2 Å². The summed E-state index contributed by atoms with van der Waals surface area (Å²) in [6.45, 7) is 1.72. The molecule has 1 aliphatic rings. The summed E-state index contributed by atoms with van der Waals surface area (Å²) in [6.07, 6.45) is 1.57. The summed E-state index contributed by atoms with van der Waals surface area (Å²) in [6, 6.07) is 17.9. The average Bonchev–Trinajstić information content (AvgIpc) is 2.65. The number of allylic oxidation sites excluding steroid dienone is 1. The molecular weight excluding hydrogens is 360 g/mol. The molecule has 0 saturated heterocycles. The fourth-order valence-corrected chi connectivity index (χ4v) is 4.65. The first-order chi connectivity index (χ1) is 12.9. The van der Waals surface area contributed by atoms with E-state index in [1.54, 1.807) is 37.3 Å². The van der Waals surface area contributed by atoms with Crippen molar-refractivity contribution in [2.45, 2.75) is 13.5 Å². The second-order valence-electron chi connectivity index (χ2n) is 6.52. The topological polar surface area (TPSA) is 81.4 Å². The average molecular weight is 376 g/mol. The van der Waals surface area contributed by atoms with Crippen LogP contribution >= 0.6 is 0 Å². The molecule has 0 aliphatic carbocycles. The van der Waals surface area contributed by atoms with Gasteiger partial charge in [-0.2, -0.15) is 5.26 Å². The zero-order valence-corrected chi connectivity index (χ0v) is 15.4. The first kappa shape index (κ1) is 17.1. The fraction of sp³-hybridized carbons (Fsp3) is 0.0952. The molecule has 0 amide bonds. The van der Waals surface area contributed by atoms with Crippen molar-refractivity contribution in [2.24, 2.45) is 0 Å². The molecule has 0 atom stereocenters. The van der Waals surface area contributed by atoms with Gasteiger partial charge in [0.1, 0.15) is 5.75 Å². The van der Waals surface area contributed by atoms with Crippen LogP contribution in [0.4, 0.5) is 5.69 Å². The maximum Gasteiger partial charge on any atom is 0.260 e. The van der Waals surface area contributed by atoms with Crippen LogP contribution in [0.15, 0.2) is 59.5 Å². The lowest BCUT2D eigenvalue weighted by atomic mass is 10.0. The Morgan fingerprint density at radius 1 is 1.04 bits per heavy atom. The van der Waals surface area contributed by atoms with Gasteiger partial charge in [-0.15, -0.1) is 0 Å². The number of sulfonamides is 1. The molecule has 0 fully saturated rings. The summed E-state index contributed by atoms with van der Waals surface area (Å²) < 4.78 is 27.1. The number of anilines is 1. The molecule has 1 N–H and O–H groups in total. The third-order valence-electron chi connectivity index (χ3n) is 4.70. The Bertz CT molecular complexity index is 1250. The summed E-state index contributed by atoms with van der Waals surface area (Å²) >= 11 is 0. The van der Waals surface area contributed by atoms with Gasteiger partial charge in [-0.25, -0.2) is 8.42 Å². The lowest BCUT2D eigenvalue weighted by Crippen LogP contribution is -2.33. The van der Waals surface area contributed by atoms with Crippen LogP contribution in [-0.4, -0.2) is 13.5 Å². The molecule has 0 bridgehead atoms. The van der Waals surface area contributed by atoms with E-state index < -0.39 is 10.0 Å². The molecule has 5 nitrogen and oxygen atoms in total. The van der Waals surface area contributed by atoms with E-state index in [4.69, 9.17) is 5.26 Å². The Morgan fingerprint density at radius 2 is 1.81 bits per heavy atom. The number of hydrogen-bond donors (Lipinski definition) is 1. The third-order valence-corrected chi connectivity index (χ3v) is 6.53. The van der Waals surface area contributed by atoms with E-state index in [9.17, 15) is 13.5 Å². The van der Waals surface area contributed by atoms with E-state index in [2.05, 4.69) is 6.07 Å². The molecule has 3 aromatic carbocycles. The summed E-state index contributed by atoms with van der Waals surface area (Å²) in [5.74, 6) is 0.0896. The minimum atomic E-state index is -3.63. The molecule has 0 aromatic heterocycles. The highest BCUT2D eigenvalue weighted by Gasteiger charge is 2.30. The van der Waals surface area contributed by atoms with E-state index in [1.807, 2.05) is 24.3 Å². The van der Waals surface area contributed by atoms with Crippen LogP contribution in [0.5, 0.6) is 5.75 Å². The Kier molecular flexibility index (Phi) is 3.90. The maximum absolute atomic E-state index is 12.9. The third kappa shape index (κ3) is 2.92. The van der Waals surface area contributed by atoms with Crippen molar-refractivity contribution in [1.29, 1.82) is 5.26 Å². The van der Waals surface area contributed by atoms with E-state index in [0.29, 0.717) is 16.8 Å². The molecule has 1 heterocycles. The number of aromatic hydroxyl groups is 1. The Hall–Kier alpha value is -3.30. The van der Waals surface area contributed by atoms with Gasteiger partial charge in [-0.1, -0.05) is 18.2 Å². The number of fused-ring (bicyclic) bond motifs is 2. The van der Waals surface area contributed by atoms with Crippen molar-refractivity contribution < 1.29 is 13.5 Å². The number of phenols is 1. The lowest BCUT2D eigenvalue weighted by Gasteiger charge is -2.30. The number of phenolic OH excluding ortho intramolecular Hbond substituents is 1. The molecule has 6 heteroatoms. The summed E-state index contributed by atoms with van der Waals surface area (Å²) in [5.41, 5.74) is 2.57. The Balaban J connectivity index is 1.80. The van der Waals surface area contributed by atoms with E-state index >= 15 is 0 Å². The second-order valence-corrected chi connectivity index (χ2v) is 8.55. The molecule has 3 aromatic rings. The van der Waals surface area contributed by atoms with E-state index in [0.717, 1.165) is 16.3 Å². The fourth-order valence-electron chi connectivity index (χ4n) is 3.28. The number of rotatable bonds is 2. The molecule has 4 rings (SSSR count). The van der Waals surface area contributed by atoms with Crippen LogP contribution in [-0.2, 0) is 16.6 Å². The monoisotopic (exact) mass is 376 g/mol. The van der Waals surface area contributed by atoms with Crippen LogP contribution in [0, 0.1) is 11.3 Å². The Morgan fingerprint density at radius 3 is 2.59 bits per heavy atom. The van der Waals surface area contributed by atoms with Gasteiger partial charge in [0.15, 0.2) is 0 Å². The van der Waals surface area contributed by atoms with Crippen LogP contribution in [0.3, 0.4) is 0 Å². The highest BCUT2D eigenvalue weighted by molar-refractivity contribution is 7.96. The minimum absolute atomic E-state index is 0.0896. The first-order valence-corrected chi connectivity index (χ1v) is 9.79. The molecule has 0 saturated carbocycles. The van der Waals surface area contributed by atoms with Crippen molar-refractivity contribution in [3.63, 3.8) is 0 Å². The number of nitrogens with zero attached hydrogens (tertiary/aromatic N) is 2. The predicted octanol–water partition coefficient (Wildman–Crippen LogP) is 4.13. The zero-order chi connectivity index (χ0) is 19.2. The number of hydrogen-bond acceptors (Lipinski definition) is 4. The molecule has 134 valence electrons. The highest BCUT2D eigenvalue weighted by Crippen LogP contribution is 2.37. The van der Waals surface area contributed by atoms with E-state index in [1.165, 1.54) is 10.4 Å². The van der Waals surface area contributed by atoms with Gasteiger partial charge >= 0.3 is 0 Å². The van der Waals surface area contributed by atoms with Crippen molar-refractivity contribution in [2.75, 3.05) is 4.31 Å². The van der Waals surface area contributed by atoms with Crippen molar-refractivity contribution in [3.8, 4) is 11.8 Å². The SMILES string of the molecule is CC1=Cc2cc(O)ccc2N(Cc2ccc3ccc(C#N)cc3c2)S1(=O)=O. The molecule has 0 unspecified atom stereocenters. The quantitative estimate of drug-likeness (QED) is 0.729. The summed E-state index contributed by atoms with van der Waals surface area (Å²) in [5, 5.41) is 20.7. The van der Waals surface area contributed by atoms with Crippen LogP contribution < -0.4 is 4.31 Å². The van der Waals surface area contributed by atoms with Gasteiger partial charge in [0.2, 0.25) is 0 Å². The van der Waals surface area contributed by atoms with Gasteiger partial charge in [-0.05, 0) is 65.7 Å². The van der Waals surface area contributed by atoms with Crippen molar-refractivity contribution in [1.82, 2.24) is 0 Å². The van der Waals surface area contributed by atoms with Gasteiger partial charge in [0.25, 0.3) is 10.0 Å². The van der Waals surface area contributed by atoms with Crippen LogP contribution in [0.1, 0.15) is 23.6 Å². The number of nitriles is 1. The zero-order valence-electron chi connectivity index (χ0n) is 14.5. The van der Waals surface area contributed by atoms with Gasteiger partial charge in [0, 0.05) is 5.56 Å². The number of benzene rings is 3. The van der Waals surface area contributed by atoms with Gasteiger partial charge in [0.05, 0.1) is 28.8 Å². The van der Waals surface area contributed by atoms with Gasteiger partial charge in [-0.3, -0.25) is 4.31 Å². The smallest absolute Gasteiger partial charge is 0.260 e. The maximum atomic E-state index is 12.9. The molecule has 0 radical (unpaired) electrons. The molecule has 0 spiro atoms. The minimum Gasteiger partial charge on any atom is -0.508 e. The molecular formula is C21H16N2O3S.